The normalized spacial score (nSPS) is 11.1. The Labute approximate surface area is 197 Å². The van der Waals surface area contributed by atoms with Crippen LogP contribution in [0.25, 0.3) is 21.7 Å². The van der Waals surface area contributed by atoms with Crippen LogP contribution in [0.5, 0.6) is 5.75 Å². The molecule has 1 heterocycles. The number of amides is 1. The number of aromatic nitrogens is 2. The molecule has 0 aliphatic heterocycles. The summed E-state index contributed by atoms with van der Waals surface area (Å²) >= 11 is 5.37. The number of carbonyl (C=O) groups is 1. The molecule has 0 saturated heterocycles. The van der Waals surface area contributed by atoms with E-state index in [-0.39, 0.29) is 24.4 Å². The monoisotopic (exact) mass is 461 g/mol. The minimum Gasteiger partial charge on any atom is -0.493 e. The third kappa shape index (κ3) is 4.83. The number of ether oxygens (including phenoxy) is 1. The largest absolute Gasteiger partial charge is 0.493 e. The summed E-state index contributed by atoms with van der Waals surface area (Å²) in [7, 11) is 1.78. The number of aromatic amines is 1. The molecule has 0 atom stereocenters. The highest BCUT2D eigenvalue weighted by Crippen LogP contribution is 2.29. The Balaban J connectivity index is 1.54. The van der Waals surface area contributed by atoms with Crippen LogP contribution in [0.1, 0.15) is 25.3 Å². The summed E-state index contributed by atoms with van der Waals surface area (Å²) in [4.78, 5) is 30.6. The number of H-pyrrole nitrogens is 1. The zero-order valence-corrected chi connectivity index (χ0v) is 19.7. The Morgan fingerprint density at radius 2 is 1.79 bits per heavy atom. The summed E-state index contributed by atoms with van der Waals surface area (Å²) in [5.74, 6) is 0.724. The third-order valence-corrected chi connectivity index (χ3v) is 6.04. The highest BCUT2D eigenvalue weighted by Gasteiger charge is 2.16. The number of carbonyl (C=O) groups excluding carboxylic acids is 1. The standard InChI is InChI=1S/C26H27N3O3S/c1-3-16-32-23-13-12-18-8-4-5-9-19(18)21(23)17-28(2)24(30)14-15-29-25(31)20-10-6-7-11-22(20)27-26(29)33/h4-13H,3,14-17H2,1-2H3,(H,27,33). The van der Waals surface area contributed by atoms with Gasteiger partial charge >= 0.3 is 0 Å². The predicted octanol–water partition coefficient (Wildman–Crippen LogP) is 5.05. The Morgan fingerprint density at radius 3 is 2.58 bits per heavy atom. The lowest BCUT2D eigenvalue weighted by Crippen LogP contribution is -2.30. The van der Waals surface area contributed by atoms with Crippen molar-refractivity contribution in [3.8, 4) is 5.75 Å². The molecule has 4 rings (SSSR count). The molecule has 0 fully saturated rings. The lowest BCUT2D eigenvalue weighted by Gasteiger charge is -2.21. The maximum Gasteiger partial charge on any atom is 0.262 e. The number of para-hydroxylation sites is 1. The lowest BCUT2D eigenvalue weighted by molar-refractivity contribution is -0.130. The molecule has 0 radical (unpaired) electrons. The maximum atomic E-state index is 13.0. The molecule has 0 bridgehead atoms. The van der Waals surface area contributed by atoms with Crippen LogP contribution in [-0.4, -0.2) is 34.0 Å². The fourth-order valence-corrected chi connectivity index (χ4v) is 4.24. The van der Waals surface area contributed by atoms with Crippen molar-refractivity contribution >= 4 is 39.8 Å². The van der Waals surface area contributed by atoms with E-state index in [1.165, 1.54) is 4.57 Å². The number of hydrogen-bond donors (Lipinski definition) is 1. The van der Waals surface area contributed by atoms with Crippen LogP contribution in [-0.2, 0) is 17.9 Å². The van der Waals surface area contributed by atoms with Crippen molar-refractivity contribution in [3.63, 3.8) is 0 Å². The van der Waals surface area contributed by atoms with Crippen LogP contribution < -0.4 is 10.3 Å². The average molecular weight is 462 g/mol. The van der Waals surface area contributed by atoms with Crippen molar-refractivity contribution in [2.75, 3.05) is 13.7 Å². The zero-order valence-electron chi connectivity index (χ0n) is 18.8. The molecular formula is C26H27N3O3S. The summed E-state index contributed by atoms with van der Waals surface area (Å²) in [5.41, 5.74) is 1.49. The van der Waals surface area contributed by atoms with E-state index in [4.69, 9.17) is 17.0 Å². The van der Waals surface area contributed by atoms with Crippen LogP contribution in [0, 0.1) is 4.77 Å². The molecule has 4 aromatic rings. The van der Waals surface area contributed by atoms with Crippen molar-refractivity contribution < 1.29 is 9.53 Å². The van der Waals surface area contributed by atoms with E-state index in [2.05, 4.69) is 24.0 Å². The number of rotatable bonds is 8. The van der Waals surface area contributed by atoms with Crippen molar-refractivity contribution in [1.82, 2.24) is 14.5 Å². The molecule has 0 aliphatic rings. The Bertz CT molecular complexity index is 1420. The minimum atomic E-state index is -0.186. The van der Waals surface area contributed by atoms with Crippen molar-refractivity contribution in [3.05, 3.63) is 81.4 Å². The smallest absolute Gasteiger partial charge is 0.262 e. The van der Waals surface area contributed by atoms with Crippen molar-refractivity contribution in [2.45, 2.75) is 32.9 Å². The van der Waals surface area contributed by atoms with E-state index in [9.17, 15) is 9.59 Å². The highest BCUT2D eigenvalue weighted by atomic mass is 32.1. The van der Waals surface area contributed by atoms with E-state index >= 15 is 0 Å². The van der Waals surface area contributed by atoms with Crippen LogP contribution in [0.2, 0.25) is 0 Å². The van der Waals surface area contributed by atoms with E-state index in [0.717, 1.165) is 28.5 Å². The molecule has 1 N–H and O–H groups in total. The van der Waals surface area contributed by atoms with Crippen molar-refractivity contribution in [2.24, 2.45) is 0 Å². The molecule has 0 spiro atoms. The van der Waals surface area contributed by atoms with Gasteiger partial charge in [-0.15, -0.1) is 0 Å². The van der Waals surface area contributed by atoms with Crippen LogP contribution in [0.3, 0.4) is 0 Å². The molecule has 0 saturated carbocycles. The fourth-order valence-electron chi connectivity index (χ4n) is 3.95. The van der Waals surface area contributed by atoms with Crippen LogP contribution in [0.4, 0.5) is 0 Å². The highest BCUT2D eigenvalue weighted by molar-refractivity contribution is 7.71. The third-order valence-electron chi connectivity index (χ3n) is 5.72. The van der Waals surface area contributed by atoms with Gasteiger partial charge in [-0.1, -0.05) is 49.4 Å². The minimum absolute atomic E-state index is 0.0705. The van der Waals surface area contributed by atoms with Gasteiger partial charge in [0, 0.05) is 32.1 Å². The van der Waals surface area contributed by atoms with Gasteiger partial charge < -0.3 is 14.6 Å². The van der Waals surface area contributed by atoms with Gasteiger partial charge in [-0.05, 0) is 47.6 Å². The Hall–Kier alpha value is -3.45. The fraction of sp³-hybridized carbons (Fsp3) is 0.269. The summed E-state index contributed by atoms with van der Waals surface area (Å²) in [6, 6.07) is 19.3. The maximum absolute atomic E-state index is 13.0. The number of hydrogen-bond acceptors (Lipinski definition) is 4. The second-order valence-corrected chi connectivity index (χ2v) is 8.43. The van der Waals surface area contributed by atoms with E-state index in [1.807, 2.05) is 42.5 Å². The van der Waals surface area contributed by atoms with Crippen LogP contribution in [0.15, 0.2) is 65.5 Å². The van der Waals surface area contributed by atoms with E-state index in [0.29, 0.717) is 28.8 Å². The molecule has 0 aliphatic carbocycles. The van der Waals surface area contributed by atoms with Gasteiger partial charge in [0.05, 0.1) is 17.5 Å². The second-order valence-electron chi connectivity index (χ2n) is 8.04. The molecule has 3 aromatic carbocycles. The summed E-state index contributed by atoms with van der Waals surface area (Å²) in [5, 5.41) is 2.73. The molecule has 7 heteroatoms. The van der Waals surface area contributed by atoms with Gasteiger partial charge in [0.1, 0.15) is 5.75 Å². The van der Waals surface area contributed by atoms with Gasteiger partial charge in [-0.25, -0.2) is 0 Å². The first kappa shape index (κ1) is 22.7. The summed E-state index contributed by atoms with van der Waals surface area (Å²) in [6.07, 6.45) is 1.07. The van der Waals surface area contributed by atoms with Gasteiger partial charge in [0.15, 0.2) is 4.77 Å². The topological polar surface area (TPSA) is 67.3 Å². The molecule has 6 nitrogen and oxygen atoms in total. The first-order valence-corrected chi connectivity index (χ1v) is 11.5. The van der Waals surface area contributed by atoms with Gasteiger partial charge in [0.2, 0.25) is 5.91 Å². The first-order valence-electron chi connectivity index (χ1n) is 11.1. The Morgan fingerprint density at radius 1 is 1.06 bits per heavy atom. The van der Waals surface area contributed by atoms with Crippen LogP contribution >= 0.6 is 12.2 Å². The number of benzene rings is 3. The second kappa shape index (κ2) is 10.0. The number of fused-ring (bicyclic) bond motifs is 2. The lowest BCUT2D eigenvalue weighted by atomic mass is 10.0. The molecule has 1 aromatic heterocycles. The van der Waals surface area contributed by atoms with Gasteiger partial charge in [-0.2, -0.15) is 0 Å². The molecule has 0 unspecified atom stereocenters. The molecule has 170 valence electrons. The average Bonchev–Trinajstić information content (AvgIpc) is 2.83. The van der Waals surface area contributed by atoms with E-state index < -0.39 is 0 Å². The Kier molecular flexibility index (Phi) is 6.89. The number of nitrogens with zero attached hydrogens (tertiary/aromatic N) is 2. The summed E-state index contributed by atoms with van der Waals surface area (Å²) < 4.78 is 7.75. The predicted molar refractivity (Wildman–Crippen MR) is 134 cm³/mol. The molecule has 33 heavy (non-hydrogen) atoms. The molecule has 1 amide bonds. The SMILES string of the molecule is CCCOc1ccc2ccccc2c1CN(C)C(=O)CCn1c(=S)[nH]c2ccccc2c1=O. The molecular weight excluding hydrogens is 434 g/mol. The first-order chi connectivity index (χ1) is 16.0. The van der Waals surface area contributed by atoms with E-state index in [1.54, 1.807) is 18.0 Å². The van der Waals surface area contributed by atoms with Gasteiger partial charge in [0.25, 0.3) is 5.56 Å². The summed E-state index contributed by atoms with van der Waals surface area (Å²) in [6.45, 7) is 3.32. The zero-order chi connectivity index (χ0) is 23.4. The van der Waals surface area contributed by atoms with Gasteiger partial charge in [-0.3, -0.25) is 14.2 Å². The quantitative estimate of drug-likeness (QED) is 0.373. The van der Waals surface area contributed by atoms with Crippen molar-refractivity contribution in [1.29, 1.82) is 0 Å². The number of nitrogens with one attached hydrogen (secondary N) is 1.